The minimum atomic E-state index is -3.07. The van der Waals surface area contributed by atoms with Gasteiger partial charge in [-0.1, -0.05) is 0 Å². The van der Waals surface area contributed by atoms with Gasteiger partial charge in [0.2, 0.25) is 0 Å². The monoisotopic (exact) mass is 261 g/mol. The van der Waals surface area contributed by atoms with Gasteiger partial charge in [0.15, 0.2) is 11.6 Å². The second-order valence-corrected chi connectivity index (χ2v) is 6.12. The van der Waals surface area contributed by atoms with Crippen molar-refractivity contribution in [2.24, 2.45) is 5.73 Å². The topological polar surface area (TPSA) is 76.3 Å². The summed E-state index contributed by atoms with van der Waals surface area (Å²) < 4.78 is 35.8. The van der Waals surface area contributed by atoms with Gasteiger partial charge in [-0.2, -0.15) is 0 Å². The molecular weight excluding hydrogens is 245 g/mol. The van der Waals surface area contributed by atoms with E-state index in [-0.39, 0.29) is 24.7 Å². The third-order valence-corrected chi connectivity index (χ3v) is 3.25. The standard InChI is InChI=1S/C10H16FN3O2S/c1-14(5-6-17(2,15)16)10-9(11)8(7-12)3-4-13-10/h3-4H,5-7,12H2,1-2H3. The molecule has 1 aromatic rings. The fraction of sp³-hybridized carbons (Fsp3) is 0.500. The van der Waals surface area contributed by atoms with Gasteiger partial charge in [-0.15, -0.1) is 0 Å². The predicted octanol–water partition coefficient (Wildman–Crippen LogP) is 0.160. The Kier molecular flexibility index (Phi) is 4.41. The first-order chi connectivity index (χ1) is 7.85. The summed E-state index contributed by atoms with van der Waals surface area (Å²) in [7, 11) is -1.48. The molecule has 0 fully saturated rings. The van der Waals surface area contributed by atoms with Gasteiger partial charge in [0, 0.05) is 38.2 Å². The van der Waals surface area contributed by atoms with E-state index in [1.54, 1.807) is 7.05 Å². The maximum Gasteiger partial charge on any atom is 0.170 e. The van der Waals surface area contributed by atoms with Gasteiger partial charge in [-0.05, 0) is 6.07 Å². The van der Waals surface area contributed by atoms with Crippen LogP contribution in [0.2, 0.25) is 0 Å². The Balaban J connectivity index is 2.86. The summed E-state index contributed by atoms with van der Waals surface area (Å²) in [5, 5.41) is 0. The first kappa shape index (κ1) is 13.9. The number of nitrogens with two attached hydrogens (primary N) is 1. The molecule has 0 bridgehead atoms. The number of aromatic nitrogens is 1. The lowest BCUT2D eigenvalue weighted by Crippen LogP contribution is -2.27. The Morgan fingerprint density at radius 3 is 2.71 bits per heavy atom. The summed E-state index contributed by atoms with van der Waals surface area (Å²) in [6, 6.07) is 1.50. The lowest BCUT2D eigenvalue weighted by molar-refractivity contribution is 0.593. The summed E-state index contributed by atoms with van der Waals surface area (Å²) in [6.07, 6.45) is 2.60. The van der Waals surface area contributed by atoms with Crippen LogP contribution in [0.5, 0.6) is 0 Å². The van der Waals surface area contributed by atoms with E-state index in [0.29, 0.717) is 5.56 Å². The van der Waals surface area contributed by atoms with E-state index in [9.17, 15) is 12.8 Å². The molecule has 0 unspecified atom stereocenters. The number of hydrogen-bond donors (Lipinski definition) is 1. The average molecular weight is 261 g/mol. The molecule has 0 aliphatic rings. The number of anilines is 1. The number of halogens is 1. The molecule has 0 saturated carbocycles. The van der Waals surface area contributed by atoms with Crippen molar-refractivity contribution < 1.29 is 12.8 Å². The molecule has 1 rings (SSSR count). The highest BCUT2D eigenvalue weighted by Crippen LogP contribution is 2.17. The molecule has 0 radical (unpaired) electrons. The van der Waals surface area contributed by atoms with Crippen LogP contribution in [0.15, 0.2) is 12.3 Å². The molecular formula is C10H16FN3O2S. The van der Waals surface area contributed by atoms with Gasteiger partial charge in [0.25, 0.3) is 0 Å². The van der Waals surface area contributed by atoms with Gasteiger partial charge in [0.05, 0.1) is 5.75 Å². The number of sulfone groups is 1. The second-order valence-electron chi connectivity index (χ2n) is 3.86. The van der Waals surface area contributed by atoms with Crippen molar-refractivity contribution in [3.05, 3.63) is 23.6 Å². The summed E-state index contributed by atoms with van der Waals surface area (Å²) in [5.74, 6) is -0.417. The molecule has 0 amide bonds. The molecule has 0 saturated heterocycles. The first-order valence-electron chi connectivity index (χ1n) is 5.07. The number of nitrogens with zero attached hydrogens (tertiary/aromatic N) is 2. The summed E-state index contributed by atoms with van der Waals surface area (Å²) in [6.45, 7) is 0.276. The largest absolute Gasteiger partial charge is 0.356 e. The summed E-state index contributed by atoms with van der Waals surface area (Å²) >= 11 is 0. The van der Waals surface area contributed by atoms with E-state index < -0.39 is 15.7 Å². The van der Waals surface area contributed by atoms with Crippen LogP contribution in [0, 0.1) is 5.82 Å². The van der Waals surface area contributed by atoms with Gasteiger partial charge in [-0.3, -0.25) is 0 Å². The zero-order valence-electron chi connectivity index (χ0n) is 9.85. The average Bonchev–Trinajstić information content (AvgIpc) is 2.25. The minimum absolute atomic E-state index is 0.0442. The molecule has 1 heterocycles. The fourth-order valence-electron chi connectivity index (χ4n) is 1.30. The van der Waals surface area contributed by atoms with Crippen molar-refractivity contribution in [2.45, 2.75) is 6.54 Å². The van der Waals surface area contributed by atoms with E-state index >= 15 is 0 Å². The zero-order valence-corrected chi connectivity index (χ0v) is 10.7. The van der Waals surface area contributed by atoms with Gasteiger partial charge in [-0.25, -0.2) is 17.8 Å². The maximum atomic E-state index is 13.8. The molecule has 96 valence electrons. The fourth-order valence-corrected chi connectivity index (χ4v) is 1.91. The summed E-state index contributed by atoms with van der Waals surface area (Å²) in [4.78, 5) is 5.36. The first-order valence-corrected chi connectivity index (χ1v) is 7.13. The van der Waals surface area contributed by atoms with Crippen LogP contribution in [-0.4, -0.2) is 39.0 Å². The Hall–Kier alpha value is -1.21. The third-order valence-electron chi connectivity index (χ3n) is 2.33. The van der Waals surface area contributed by atoms with Crippen molar-refractivity contribution >= 4 is 15.7 Å². The molecule has 2 N–H and O–H groups in total. The number of pyridine rings is 1. The van der Waals surface area contributed by atoms with Crippen molar-refractivity contribution in [1.82, 2.24) is 4.98 Å². The van der Waals surface area contributed by atoms with Crippen LogP contribution in [0.4, 0.5) is 10.2 Å². The van der Waals surface area contributed by atoms with Crippen molar-refractivity contribution in [2.75, 3.05) is 30.5 Å². The van der Waals surface area contributed by atoms with Crippen LogP contribution >= 0.6 is 0 Å². The molecule has 17 heavy (non-hydrogen) atoms. The van der Waals surface area contributed by atoms with E-state index in [1.165, 1.54) is 17.2 Å². The van der Waals surface area contributed by atoms with E-state index in [4.69, 9.17) is 5.73 Å². The van der Waals surface area contributed by atoms with Crippen LogP contribution < -0.4 is 10.6 Å². The number of hydrogen-bond acceptors (Lipinski definition) is 5. The van der Waals surface area contributed by atoms with Gasteiger partial charge < -0.3 is 10.6 Å². The Morgan fingerprint density at radius 1 is 1.53 bits per heavy atom. The van der Waals surface area contributed by atoms with E-state index in [1.807, 2.05) is 0 Å². The highest BCUT2D eigenvalue weighted by Gasteiger charge is 2.14. The molecule has 0 spiro atoms. The lowest BCUT2D eigenvalue weighted by atomic mass is 10.2. The molecule has 0 aliphatic carbocycles. The molecule has 5 nitrogen and oxygen atoms in total. The Bertz CT molecular complexity index is 490. The Morgan fingerprint density at radius 2 is 2.18 bits per heavy atom. The minimum Gasteiger partial charge on any atom is -0.356 e. The molecule has 7 heteroatoms. The normalized spacial score (nSPS) is 11.5. The van der Waals surface area contributed by atoms with Gasteiger partial charge in [0.1, 0.15) is 9.84 Å². The second kappa shape index (κ2) is 5.42. The van der Waals surface area contributed by atoms with Crippen LogP contribution in [0.1, 0.15) is 5.56 Å². The van der Waals surface area contributed by atoms with Crippen LogP contribution in [-0.2, 0) is 16.4 Å². The maximum absolute atomic E-state index is 13.8. The molecule has 0 atom stereocenters. The Labute approximate surface area is 100 Å². The third kappa shape index (κ3) is 3.94. The molecule has 1 aromatic heterocycles. The van der Waals surface area contributed by atoms with E-state index in [0.717, 1.165) is 6.26 Å². The summed E-state index contributed by atoms with van der Waals surface area (Å²) in [5.41, 5.74) is 5.74. The molecule has 0 aliphatic heterocycles. The quantitative estimate of drug-likeness (QED) is 0.817. The van der Waals surface area contributed by atoms with E-state index in [2.05, 4.69) is 4.98 Å². The zero-order chi connectivity index (χ0) is 13.1. The molecule has 0 aromatic carbocycles. The lowest BCUT2D eigenvalue weighted by Gasteiger charge is -2.18. The van der Waals surface area contributed by atoms with Crippen LogP contribution in [0.3, 0.4) is 0 Å². The van der Waals surface area contributed by atoms with Crippen molar-refractivity contribution in [3.8, 4) is 0 Å². The van der Waals surface area contributed by atoms with Gasteiger partial charge >= 0.3 is 0 Å². The van der Waals surface area contributed by atoms with Crippen molar-refractivity contribution in [3.63, 3.8) is 0 Å². The number of rotatable bonds is 5. The van der Waals surface area contributed by atoms with Crippen LogP contribution in [0.25, 0.3) is 0 Å². The smallest absolute Gasteiger partial charge is 0.170 e. The predicted molar refractivity (Wildman–Crippen MR) is 65.1 cm³/mol. The van der Waals surface area contributed by atoms with Crippen molar-refractivity contribution in [1.29, 1.82) is 0 Å². The SMILES string of the molecule is CN(CCS(C)(=O)=O)c1nccc(CN)c1F. The highest BCUT2D eigenvalue weighted by atomic mass is 32.2. The highest BCUT2D eigenvalue weighted by molar-refractivity contribution is 7.90.